The first-order chi connectivity index (χ1) is 9.95. The Morgan fingerprint density at radius 2 is 1.86 bits per heavy atom. The second kappa shape index (κ2) is 6.33. The van der Waals surface area contributed by atoms with Crippen LogP contribution >= 0.6 is 0 Å². The molecule has 1 aliphatic heterocycles. The first-order valence-electron chi connectivity index (χ1n) is 6.16. The Kier molecular flexibility index (Phi) is 4.70. The van der Waals surface area contributed by atoms with Crippen LogP contribution in [-0.4, -0.2) is 62.7 Å². The molecule has 1 aromatic carbocycles. The van der Waals surface area contributed by atoms with Crippen molar-refractivity contribution in [2.45, 2.75) is 30.7 Å². The number of nitro benzene ring substituents is 1. The molecule has 1 aliphatic rings. The van der Waals surface area contributed by atoms with Gasteiger partial charge < -0.3 is 29.9 Å². The molecular weight excluding hydrogens is 286 g/mol. The van der Waals surface area contributed by atoms with E-state index in [2.05, 4.69) is 0 Å². The highest BCUT2D eigenvalue weighted by Crippen LogP contribution is 2.30. The SMILES string of the molecule is O=[N+]([O-])c1ccccc1OC1O[C@H](CO)[C@H](O)[C@H](O)[C@H]1O. The van der Waals surface area contributed by atoms with Crippen LogP contribution in [0.1, 0.15) is 0 Å². The Bertz CT molecular complexity index is 508. The predicted molar refractivity (Wildman–Crippen MR) is 67.5 cm³/mol. The number of para-hydroxylation sites is 2. The maximum absolute atomic E-state index is 10.9. The summed E-state index contributed by atoms with van der Waals surface area (Å²) in [5.41, 5.74) is -0.338. The van der Waals surface area contributed by atoms with Crippen molar-refractivity contribution >= 4 is 5.69 Å². The number of aliphatic hydroxyl groups excluding tert-OH is 4. The molecule has 0 radical (unpaired) electrons. The number of hydrogen-bond acceptors (Lipinski definition) is 8. The molecule has 5 atom stereocenters. The molecule has 0 aromatic heterocycles. The van der Waals surface area contributed by atoms with Crippen molar-refractivity contribution in [3.05, 3.63) is 34.4 Å². The number of rotatable bonds is 4. The van der Waals surface area contributed by atoms with Gasteiger partial charge in [-0.3, -0.25) is 10.1 Å². The number of ether oxygens (including phenoxy) is 2. The lowest BCUT2D eigenvalue weighted by Crippen LogP contribution is -2.60. The van der Waals surface area contributed by atoms with Gasteiger partial charge >= 0.3 is 5.69 Å². The number of nitro groups is 1. The fourth-order valence-corrected chi connectivity index (χ4v) is 2.00. The van der Waals surface area contributed by atoms with E-state index in [4.69, 9.17) is 14.6 Å². The first-order valence-corrected chi connectivity index (χ1v) is 6.16. The Labute approximate surface area is 119 Å². The molecule has 0 spiro atoms. The highest BCUT2D eigenvalue weighted by molar-refractivity contribution is 5.45. The van der Waals surface area contributed by atoms with Crippen LogP contribution in [0.15, 0.2) is 24.3 Å². The van der Waals surface area contributed by atoms with E-state index in [-0.39, 0.29) is 11.4 Å². The smallest absolute Gasteiger partial charge is 0.311 e. The van der Waals surface area contributed by atoms with E-state index in [9.17, 15) is 25.4 Å². The summed E-state index contributed by atoms with van der Waals surface area (Å²) in [4.78, 5) is 10.2. The van der Waals surface area contributed by atoms with Gasteiger partial charge in [0.2, 0.25) is 6.29 Å². The highest BCUT2D eigenvalue weighted by Gasteiger charge is 2.45. The van der Waals surface area contributed by atoms with Gasteiger partial charge in [0.05, 0.1) is 11.5 Å². The maximum atomic E-state index is 10.9. The van der Waals surface area contributed by atoms with Gasteiger partial charge in [-0.05, 0) is 6.07 Å². The van der Waals surface area contributed by atoms with Gasteiger partial charge in [-0.25, -0.2) is 0 Å². The van der Waals surface area contributed by atoms with Gasteiger partial charge in [0.25, 0.3) is 0 Å². The minimum Gasteiger partial charge on any atom is -0.455 e. The lowest BCUT2D eigenvalue weighted by Gasteiger charge is -2.39. The number of hydrogen-bond donors (Lipinski definition) is 4. The summed E-state index contributed by atoms with van der Waals surface area (Å²) in [7, 11) is 0. The largest absolute Gasteiger partial charge is 0.455 e. The van der Waals surface area contributed by atoms with E-state index < -0.39 is 42.2 Å². The molecule has 1 saturated heterocycles. The molecule has 21 heavy (non-hydrogen) atoms. The van der Waals surface area contributed by atoms with Gasteiger partial charge in [0, 0.05) is 6.07 Å². The zero-order valence-corrected chi connectivity index (χ0v) is 10.8. The molecule has 1 fully saturated rings. The van der Waals surface area contributed by atoms with Gasteiger partial charge in [-0.15, -0.1) is 0 Å². The Hall–Kier alpha value is -1.78. The van der Waals surface area contributed by atoms with Crippen molar-refractivity contribution in [2.24, 2.45) is 0 Å². The average molecular weight is 301 g/mol. The average Bonchev–Trinajstić information content (AvgIpc) is 2.48. The molecule has 9 heteroatoms. The minimum absolute atomic E-state index is 0.160. The predicted octanol–water partition coefficient (Wildman–Crippen LogP) is -1.23. The van der Waals surface area contributed by atoms with E-state index in [0.717, 1.165) is 0 Å². The van der Waals surface area contributed by atoms with Crippen molar-refractivity contribution in [1.29, 1.82) is 0 Å². The molecule has 1 aromatic rings. The van der Waals surface area contributed by atoms with Crippen LogP contribution in [-0.2, 0) is 4.74 Å². The number of nitrogens with zero attached hydrogens (tertiary/aromatic N) is 1. The number of aliphatic hydroxyl groups is 4. The lowest BCUT2D eigenvalue weighted by atomic mass is 9.99. The lowest BCUT2D eigenvalue weighted by molar-refractivity contribution is -0.387. The summed E-state index contributed by atoms with van der Waals surface area (Å²) in [6.45, 7) is -0.609. The van der Waals surface area contributed by atoms with E-state index in [1.54, 1.807) is 0 Å². The minimum atomic E-state index is -1.62. The van der Waals surface area contributed by atoms with Crippen LogP contribution in [0.3, 0.4) is 0 Å². The fourth-order valence-electron chi connectivity index (χ4n) is 2.00. The Balaban J connectivity index is 2.20. The quantitative estimate of drug-likeness (QED) is 0.400. The fraction of sp³-hybridized carbons (Fsp3) is 0.500. The van der Waals surface area contributed by atoms with E-state index >= 15 is 0 Å². The molecule has 0 saturated carbocycles. The number of benzene rings is 1. The molecule has 0 amide bonds. The van der Waals surface area contributed by atoms with Gasteiger partial charge in [-0.1, -0.05) is 12.1 Å². The second-order valence-corrected chi connectivity index (χ2v) is 4.54. The van der Waals surface area contributed by atoms with Crippen LogP contribution in [0.4, 0.5) is 5.69 Å². The van der Waals surface area contributed by atoms with Crippen molar-refractivity contribution in [3.8, 4) is 5.75 Å². The third-order valence-electron chi connectivity index (χ3n) is 3.15. The zero-order chi connectivity index (χ0) is 15.6. The third kappa shape index (κ3) is 3.12. The molecular formula is C12H15NO8. The molecule has 9 nitrogen and oxygen atoms in total. The van der Waals surface area contributed by atoms with Gasteiger partial charge in [-0.2, -0.15) is 0 Å². The summed E-state index contributed by atoms with van der Waals surface area (Å²) >= 11 is 0. The molecule has 116 valence electrons. The van der Waals surface area contributed by atoms with Crippen LogP contribution < -0.4 is 4.74 Å². The molecule has 4 N–H and O–H groups in total. The first kappa shape index (κ1) is 15.6. The summed E-state index contributed by atoms with van der Waals surface area (Å²) in [6, 6.07) is 5.45. The van der Waals surface area contributed by atoms with E-state index in [1.165, 1.54) is 24.3 Å². The van der Waals surface area contributed by atoms with E-state index in [0.29, 0.717) is 0 Å². The normalized spacial score (nSPS) is 32.7. The summed E-state index contributed by atoms with van der Waals surface area (Å²) < 4.78 is 10.3. The molecule has 1 heterocycles. The second-order valence-electron chi connectivity index (χ2n) is 4.54. The zero-order valence-electron chi connectivity index (χ0n) is 10.8. The Morgan fingerprint density at radius 3 is 2.48 bits per heavy atom. The van der Waals surface area contributed by atoms with Gasteiger partial charge in [0.1, 0.15) is 24.4 Å². The van der Waals surface area contributed by atoms with Crippen LogP contribution in [0.2, 0.25) is 0 Å². The van der Waals surface area contributed by atoms with Crippen LogP contribution in [0.25, 0.3) is 0 Å². The van der Waals surface area contributed by atoms with Crippen LogP contribution in [0.5, 0.6) is 5.75 Å². The standard InChI is InChI=1S/C12H15NO8/c14-5-8-9(15)10(16)11(17)12(21-8)20-7-4-2-1-3-6(7)13(18)19/h1-4,8-12,14-17H,5H2/t8-,9+,10+,11-,12?/m1/s1. The highest BCUT2D eigenvalue weighted by atomic mass is 16.7. The Morgan fingerprint density at radius 1 is 1.19 bits per heavy atom. The topological polar surface area (TPSA) is 143 Å². The monoisotopic (exact) mass is 301 g/mol. The molecule has 0 aliphatic carbocycles. The molecule has 2 rings (SSSR count). The van der Waals surface area contributed by atoms with Gasteiger partial charge in [0.15, 0.2) is 5.75 Å². The maximum Gasteiger partial charge on any atom is 0.311 e. The van der Waals surface area contributed by atoms with Crippen LogP contribution in [0, 0.1) is 10.1 Å². The molecule has 0 bridgehead atoms. The van der Waals surface area contributed by atoms with E-state index in [1.807, 2.05) is 0 Å². The van der Waals surface area contributed by atoms with Crippen molar-refractivity contribution in [3.63, 3.8) is 0 Å². The summed E-state index contributed by atoms with van der Waals surface area (Å²) in [5.74, 6) is -0.160. The molecule has 1 unspecified atom stereocenters. The summed E-state index contributed by atoms with van der Waals surface area (Å²) in [5, 5.41) is 49.0. The van der Waals surface area contributed by atoms with Crippen molar-refractivity contribution < 1.29 is 34.8 Å². The third-order valence-corrected chi connectivity index (χ3v) is 3.15. The van der Waals surface area contributed by atoms with Crippen molar-refractivity contribution in [2.75, 3.05) is 6.61 Å². The summed E-state index contributed by atoms with van der Waals surface area (Å²) in [6.07, 6.45) is -7.35. The van der Waals surface area contributed by atoms with Crippen molar-refractivity contribution in [1.82, 2.24) is 0 Å².